The van der Waals surface area contributed by atoms with Gasteiger partial charge >= 0.3 is 41.8 Å². The highest BCUT2D eigenvalue weighted by Gasteiger charge is 2.73. The van der Waals surface area contributed by atoms with Crippen LogP contribution in [0, 0.1) is 107 Å². The molecule has 816 valence electrons. The van der Waals surface area contributed by atoms with Gasteiger partial charge in [0.15, 0.2) is 0 Å². The van der Waals surface area contributed by atoms with Crippen molar-refractivity contribution in [3.63, 3.8) is 0 Å². The van der Waals surface area contributed by atoms with Crippen molar-refractivity contribution in [2.24, 2.45) is 107 Å². The van der Waals surface area contributed by atoms with Crippen LogP contribution in [0.5, 0.6) is 0 Å². The summed E-state index contributed by atoms with van der Waals surface area (Å²) in [4.78, 5) is 85.1. The van der Waals surface area contributed by atoms with E-state index in [1.807, 2.05) is 104 Å². The van der Waals surface area contributed by atoms with Gasteiger partial charge in [-0.1, -0.05) is 309 Å². The second-order valence-corrected chi connectivity index (χ2v) is 47.9. The smallest absolute Gasteiger partial charge is 0.312 e. The lowest BCUT2D eigenvalue weighted by Crippen LogP contribution is -2.55. The second-order valence-electron chi connectivity index (χ2n) is 47.9. The molecule has 0 N–H and O–H groups in total. The molecule has 0 saturated heterocycles. The van der Waals surface area contributed by atoms with Crippen LogP contribution in [0.25, 0.3) is 0 Å². The Morgan fingerprint density at radius 2 is 0.504 bits per heavy atom. The third-order valence-corrected chi connectivity index (χ3v) is 38.4. The van der Waals surface area contributed by atoms with Crippen molar-refractivity contribution in [2.45, 2.75) is 636 Å². The molecule has 11 saturated carbocycles. The van der Waals surface area contributed by atoms with E-state index < -0.39 is 0 Å². The first-order chi connectivity index (χ1) is 55.5. The lowest BCUT2D eigenvalue weighted by Gasteiger charge is -2.51. The maximum Gasteiger partial charge on any atom is 0.312 e. The summed E-state index contributed by atoms with van der Waals surface area (Å²) < 4.78 is 41.6. The largest absolute Gasteiger partial charge is 0.459 e. The molecule has 0 heterocycles. The molecule has 14 nitrogen and oxygen atoms in total. The average molecular weight is 1930 g/mol. The molecule has 11 rings (SSSR count). The molecule has 11 fully saturated rings. The molecule has 14 heteroatoms. The Balaban J connectivity index is -0.000000166. The summed E-state index contributed by atoms with van der Waals surface area (Å²) in [5.74, 6) is 2.82. The number of hydrogen-bond donors (Lipinski definition) is 0. The zero-order chi connectivity index (χ0) is 92.5. The molecule has 0 aromatic rings. The molecule has 8 bridgehead atoms. The Kier molecular flexibility index (Phi) is 64.7. The highest BCUT2D eigenvalue weighted by atomic mass is 16.6. The molecular formula is C121H248O14. The van der Waals surface area contributed by atoms with Crippen LogP contribution in [0.4, 0.5) is 0 Å². The second kappa shape index (κ2) is 57.7. The van der Waals surface area contributed by atoms with Gasteiger partial charge in [0.05, 0.1) is 39.9 Å². The van der Waals surface area contributed by atoms with Gasteiger partial charge < -0.3 is 33.2 Å². The van der Waals surface area contributed by atoms with Crippen LogP contribution in [-0.4, -0.2) is 81.0 Å². The number of fused-ring (bicyclic) bond motifs is 8. The quantitative estimate of drug-likeness (QED) is 0.0566. The Labute approximate surface area is 847 Å². The predicted octanol–water partition coefficient (Wildman–Crippen LogP) is 38.3. The van der Waals surface area contributed by atoms with Crippen LogP contribution in [0.3, 0.4) is 0 Å². The third-order valence-electron chi connectivity index (χ3n) is 38.4. The maximum atomic E-state index is 12.5. The Hall–Kier alpha value is -3.71. The van der Waals surface area contributed by atoms with Crippen molar-refractivity contribution in [3.8, 4) is 0 Å². The molecule has 11 aliphatic carbocycles. The standard InChI is InChI=1S/2C17H30O2.2C16H28O2.2C14H26O2.C13H24O2.14CH4/c1-8-14(2,3)13(18)19-17(7)11-12-9-10-16(17,6)15(12,4)5;1-8-14(2,3)13(18)19-17(7)15(4,5)12-9-10-16(17,6)11-12;1-7-11(2)13(17)18-16(6)10-12-8-9-15(16,5)14(12,3)4;1-7-11(2)13(17)18-16(6)14(3,4)12-8-9-15(16,5)10-12;1-5-13(2,3)12(15)16-14(4)10-8-6-7-9-11-14;1-4-12(3)13(15)16-14(5-2)10-8-6-7-9-11-14;1-4-11(2)12(14)15-13(3)9-7-5-6-8-10-13;;;;;;;;;;;;;;/h2*12H,8-11H2,1-7H3;2*11-12H,7-10H2,1-6H3;5-11H2,1-4H3;12H,4-11H2,1-3H3;11H,4-10H2,1-3H3;14*1H4. The first-order valence-corrected chi connectivity index (χ1v) is 50.1. The number of esters is 7. The van der Waals surface area contributed by atoms with Gasteiger partial charge in [-0.3, -0.25) is 33.6 Å². The van der Waals surface area contributed by atoms with E-state index in [0.29, 0.717) is 23.7 Å². The summed E-state index contributed by atoms with van der Waals surface area (Å²) in [5, 5.41) is 0. The van der Waals surface area contributed by atoms with Gasteiger partial charge in [-0.2, -0.15) is 0 Å². The molecule has 0 aromatic carbocycles. The minimum absolute atomic E-state index is 0. The highest BCUT2D eigenvalue weighted by Crippen LogP contribution is 2.74. The van der Waals surface area contributed by atoms with Crippen LogP contribution < -0.4 is 0 Å². The molecule has 16 atom stereocenters. The van der Waals surface area contributed by atoms with E-state index in [1.54, 1.807) is 0 Å². The number of carbonyl (C=O) groups is 7. The first-order valence-electron chi connectivity index (χ1n) is 50.1. The molecule has 0 aromatic heterocycles. The molecule has 0 aliphatic heterocycles. The fraction of sp³-hybridized carbons (Fsp3) is 0.942. The SMILES string of the molecule is C.C.C.C.C.C.C.C.C.C.C.C.C.C.CCC(C)(C)C(=O)OC1(C)C2(C)CCC(C2)C1(C)C.CCC(C)(C)C(=O)OC1(C)CC2CCC1(C)C2(C)C.CCC(C)(C)C(=O)OC1(C)CCCCCC1.CCC(C)C(=O)OC1(C)C2(C)CCC(C2)C1(C)C.CCC(C)C(=O)OC1(C)CC2CCC1(C)C2(C)C.CCC(C)C(=O)OC1(C)CCCCCC1.CCC(C)C(=O)OC1(CC)CCCCCC1. The van der Waals surface area contributed by atoms with Crippen molar-refractivity contribution in [1.82, 2.24) is 0 Å². The summed E-state index contributed by atoms with van der Waals surface area (Å²) in [6, 6.07) is 0. The maximum absolute atomic E-state index is 12.5. The fourth-order valence-corrected chi connectivity index (χ4v) is 23.4. The number of ether oxygens (including phenoxy) is 7. The summed E-state index contributed by atoms with van der Waals surface area (Å²) in [7, 11) is 0. The zero-order valence-corrected chi connectivity index (χ0v) is 85.7. The average Bonchev–Trinajstić information content (AvgIpc) is 1.56. The van der Waals surface area contributed by atoms with E-state index in [1.165, 1.54) is 141 Å². The van der Waals surface area contributed by atoms with E-state index >= 15 is 0 Å². The molecule has 0 spiro atoms. The van der Waals surface area contributed by atoms with Crippen molar-refractivity contribution < 1.29 is 66.7 Å². The van der Waals surface area contributed by atoms with Crippen LogP contribution in [0.1, 0.15) is 597 Å². The summed E-state index contributed by atoms with van der Waals surface area (Å²) >= 11 is 0. The van der Waals surface area contributed by atoms with E-state index in [2.05, 4.69) is 145 Å². The van der Waals surface area contributed by atoms with Crippen LogP contribution in [0.2, 0.25) is 0 Å². The van der Waals surface area contributed by atoms with Crippen LogP contribution in [-0.2, 0) is 66.7 Å². The van der Waals surface area contributed by atoms with Crippen molar-refractivity contribution in [1.29, 1.82) is 0 Å². The van der Waals surface area contributed by atoms with Crippen molar-refractivity contribution in [2.75, 3.05) is 0 Å². The van der Waals surface area contributed by atoms with E-state index in [-0.39, 0.29) is 268 Å². The molecule has 16 unspecified atom stereocenters. The topological polar surface area (TPSA) is 184 Å². The number of rotatable bonds is 22. The monoisotopic (exact) mass is 1930 g/mol. The Morgan fingerprint density at radius 1 is 0.267 bits per heavy atom. The Morgan fingerprint density at radius 3 is 0.763 bits per heavy atom. The van der Waals surface area contributed by atoms with Crippen molar-refractivity contribution >= 4 is 41.8 Å². The number of hydrogen-bond acceptors (Lipinski definition) is 14. The Bertz CT molecular complexity index is 3370. The summed E-state index contributed by atoms with van der Waals surface area (Å²) in [5.41, 5.74) is -1.48. The van der Waals surface area contributed by atoms with E-state index in [4.69, 9.17) is 33.2 Å². The van der Waals surface area contributed by atoms with Gasteiger partial charge in [0, 0.05) is 32.5 Å². The third kappa shape index (κ3) is 32.1. The lowest BCUT2D eigenvalue weighted by molar-refractivity contribution is -0.202. The van der Waals surface area contributed by atoms with Gasteiger partial charge in [0.1, 0.15) is 39.2 Å². The molecular weight excluding hydrogens is 1680 g/mol. The number of carbonyl (C=O) groups excluding carboxylic acids is 7. The first kappa shape index (κ1) is 151. The molecule has 0 amide bonds. The molecule has 135 heavy (non-hydrogen) atoms. The van der Waals surface area contributed by atoms with E-state index in [9.17, 15) is 33.6 Å². The van der Waals surface area contributed by atoms with Crippen molar-refractivity contribution in [3.05, 3.63) is 0 Å². The highest BCUT2D eigenvalue weighted by molar-refractivity contribution is 5.78. The van der Waals surface area contributed by atoms with Gasteiger partial charge in [-0.05, 0) is 323 Å². The minimum Gasteiger partial charge on any atom is -0.459 e. The summed E-state index contributed by atoms with van der Waals surface area (Å²) in [6.07, 6.45) is 42.5. The summed E-state index contributed by atoms with van der Waals surface area (Å²) in [6.45, 7) is 76.9. The van der Waals surface area contributed by atoms with Gasteiger partial charge in [-0.25, -0.2) is 0 Å². The van der Waals surface area contributed by atoms with Gasteiger partial charge in [0.2, 0.25) is 0 Å². The lowest BCUT2D eigenvalue weighted by atomic mass is 9.61. The predicted molar refractivity (Wildman–Crippen MR) is 590 cm³/mol. The van der Waals surface area contributed by atoms with Crippen LogP contribution >= 0.6 is 0 Å². The van der Waals surface area contributed by atoms with E-state index in [0.717, 1.165) is 103 Å². The fourth-order valence-electron chi connectivity index (χ4n) is 23.4. The zero-order valence-electron chi connectivity index (χ0n) is 85.7. The van der Waals surface area contributed by atoms with Crippen LogP contribution in [0.15, 0.2) is 0 Å². The molecule has 0 radical (unpaired) electrons. The normalized spacial score (nSPS) is 30.5. The van der Waals surface area contributed by atoms with Gasteiger partial charge in [0.25, 0.3) is 0 Å². The van der Waals surface area contributed by atoms with Gasteiger partial charge in [-0.15, -0.1) is 0 Å². The molecule has 11 aliphatic rings. The minimum atomic E-state index is -0.378.